The van der Waals surface area contributed by atoms with Gasteiger partial charge in [-0.3, -0.25) is 0 Å². The van der Waals surface area contributed by atoms with Gasteiger partial charge >= 0.3 is 0 Å². The summed E-state index contributed by atoms with van der Waals surface area (Å²) in [7, 11) is -3.23. The standard InChI is InChI=1S/C10H13NO3S/c12-8-1-3-9(4-2-8)15(13,14)10-5-6-11-7-10/h1-4,10-12H,5-7H2. The molecule has 1 aromatic rings. The van der Waals surface area contributed by atoms with Gasteiger partial charge < -0.3 is 10.4 Å². The molecular formula is C10H13NO3S. The summed E-state index contributed by atoms with van der Waals surface area (Å²) in [4.78, 5) is 0.286. The molecule has 82 valence electrons. The maximum atomic E-state index is 12.0. The van der Waals surface area contributed by atoms with E-state index in [1.807, 2.05) is 0 Å². The van der Waals surface area contributed by atoms with Crippen LogP contribution in [0.5, 0.6) is 5.75 Å². The Labute approximate surface area is 88.9 Å². The summed E-state index contributed by atoms with van der Waals surface area (Å²) in [6.07, 6.45) is 0.656. The van der Waals surface area contributed by atoms with Gasteiger partial charge in [0.05, 0.1) is 10.1 Å². The highest BCUT2D eigenvalue weighted by molar-refractivity contribution is 7.92. The van der Waals surface area contributed by atoms with Crippen LogP contribution in [-0.2, 0) is 9.84 Å². The van der Waals surface area contributed by atoms with E-state index in [1.54, 1.807) is 0 Å². The summed E-state index contributed by atoms with van der Waals surface area (Å²) in [6, 6.07) is 5.69. The lowest BCUT2D eigenvalue weighted by Crippen LogP contribution is -2.23. The van der Waals surface area contributed by atoms with E-state index >= 15 is 0 Å². The highest BCUT2D eigenvalue weighted by atomic mass is 32.2. The Morgan fingerprint density at radius 3 is 2.47 bits per heavy atom. The second-order valence-electron chi connectivity index (χ2n) is 3.65. The number of phenols is 1. The van der Waals surface area contributed by atoms with Crippen LogP contribution in [0.2, 0.25) is 0 Å². The number of benzene rings is 1. The van der Waals surface area contributed by atoms with Crippen LogP contribution in [-0.4, -0.2) is 31.9 Å². The molecule has 0 bridgehead atoms. The van der Waals surface area contributed by atoms with Gasteiger partial charge in [0, 0.05) is 6.54 Å². The lowest BCUT2D eigenvalue weighted by atomic mass is 10.3. The molecule has 2 N–H and O–H groups in total. The van der Waals surface area contributed by atoms with E-state index in [2.05, 4.69) is 5.32 Å². The molecular weight excluding hydrogens is 214 g/mol. The van der Waals surface area contributed by atoms with Crippen molar-refractivity contribution in [2.45, 2.75) is 16.6 Å². The van der Waals surface area contributed by atoms with Crippen LogP contribution >= 0.6 is 0 Å². The number of aromatic hydroxyl groups is 1. The van der Waals surface area contributed by atoms with Crippen LogP contribution in [0.3, 0.4) is 0 Å². The molecule has 0 radical (unpaired) electrons. The van der Waals surface area contributed by atoms with Crippen LogP contribution in [0.25, 0.3) is 0 Å². The molecule has 0 spiro atoms. The normalized spacial score (nSPS) is 21.7. The van der Waals surface area contributed by atoms with E-state index in [0.29, 0.717) is 13.0 Å². The summed E-state index contributed by atoms with van der Waals surface area (Å²) in [5, 5.41) is 11.8. The molecule has 0 aliphatic carbocycles. The zero-order valence-electron chi connectivity index (χ0n) is 8.18. The molecule has 5 heteroatoms. The second kappa shape index (κ2) is 3.83. The van der Waals surface area contributed by atoms with Crippen LogP contribution in [0.1, 0.15) is 6.42 Å². The van der Waals surface area contributed by atoms with E-state index in [1.165, 1.54) is 24.3 Å². The third-order valence-corrected chi connectivity index (χ3v) is 4.83. The summed E-state index contributed by atoms with van der Waals surface area (Å²) >= 11 is 0. The minimum Gasteiger partial charge on any atom is -0.508 e. The van der Waals surface area contributed by atoms with Gasteiger partial charge in [0.2, 0.25) is 0 Å². The van der Waals surface area contributed by atoms with Crippen molar-refractivity contribution in [1.82, 2.24) is 5.32 Å². The molecule has 2 rings (SSSR count). The maximum Gasteiger partial charge on any atom is 0.182 e. The molecule has 1 aliphatic rings. The number of phenolic OH excluding ortho intramolecular Hbond substituents is 1. The molecule has 1 aliphatic heterocycles. The Balaban J connectivity index is 2.32. The third-order valence-electron chi connectivity index (χ3n) is 2.62. The first-order chi connectivity index (χ1) is 7.10. The van der Waals surface area contributed by atoms with E-state index in [9.17, 15) is 8.42 Å². The lowest BCUT2D eigenvalue weighted by molar-refractivity contribution is 0.474. The van der Waals surface area contributed by atoms with Crippen molar-refractivity contribution in [3.8, 4) is 5.75 Å². The fraction of sp³-hybridized carbons (Fsp3) is 0.400. The molecule has 0 saturated carbocycles. The fourth-order valence-corrected chi connectivity index (χ4v) is 3.39. The Bertz CT molecular complexity index is 432. The van der Waals surface area contributed by atoms with Gasteiger partial charge in [0.1, 0.15) is 5.75 Å². The Morgan fingerprint density at radius 1 is 1.27 bits per heavy atom. The zero-order valence-corrected chi connectivity index (χ0v) is 9.00. The Morgan fingerprint density at radius 2 is 1.93 bits per heavy atom. The monoisotopic (exact) mass is 227 g/mol. The summed E-state index contributed by atoms with van der Waals surface area (Å²) in [5.74, 6) is 0.0819. The SMILES string of the molecule is O=S(=O)(c1ccc(O)cc1)C1CCNC1. The van der Waals surface area contributed by atoms with Crippen molar-refractivity contribution in [3.05, 3.63) is 24.3 Å². The third kappa shape index (κ3) is 1.98. The molecule has 1 heterocycles. The Kier molecular flexibility index (Phi) is 2.67. The number of hydrogen-bond donors (Lipinski definition) is 2. The van der Waals surface area contributed by atoms with Crippen LogP contribution in [0, 0.1) is 0 Å². The highest BCUT2D eigenvalue weighted by Crippen LogP contribution is 2.22. The quantitative estimate of drug-likeness (QED) is 0.773. The average Bonchev–Trinajstić information content (AvgIpc) is 2.71. The molecule has 4 nitrogen and oxygen atoms in total. The van der Waals surface area contributed by atoms with Gasteiger partial charge in [-0.05, 0) is 37.2 Å². The molecule has 1 atom stereocenters. The smallest absolute Gasteiger partial charge is 0.182 e. The maximum absolute atomic E-state index is 12.0. The van der Waals surface area contributed by atoms with Gasteiger partial charge in [0.15, 0.2) is 9.84 Å². The van der Waals surface area contributed by atoms with Crippen molar-refractivity contribution >= 4 is 9.84 Å². The largest absolute Gasteiger partial charge is 0.508 e. The molecule has 1 unspecified atom stereocenters. The van der Waals surface area contributed by atoms with E-state index in [0.717, 1.165) is 6.54 Å². The van der Waals surface area contributed by atoms with Crippen molar-refractivity contribution in [1.29, 1.82) is 0 Å². The van der Waals surface area contributed by atoms with Crippen LogP contribution in [0.15, 0.2) is 29.2 Å². The van der Waals surface area contributed by atoms with Crippen molar-refractivity contribution in [2.24, 2.45) is 0 Å². The second-order valence-corrected chi connectivity index (χ2v) is 5.88. The summed E-state index contributed by atoms with van der Waals surface area (Å²) in [6.45, 7) is 1.27. The van der Waals surface area contributed by atoms with Crippen LogP contribution in [0.4, 0.5) is 0 Å². The van der Waals surface area contributed by atoms with Gasteiger partial charge in [-0.25, -0.2) is 8.42 Å². The minimum atomic E-state index is -3.23. The van der Waals surface area contributed by atoms with Gasteiger partial charge in [-0.2, -0.15) is 0 Å². The van der Waals surface area contributed by atoms with Gasteiger partial charge in [-0.1, -0.05) is 0 Å². The van der Waals surface area contributed by atoms with E-state index < -0.39 is 9.84 Å². The number of nitrogens with one attached hydrogen (secondary N) is 1. The highest BCUT2D eigenvalue weighted by Gasteiger charge is 2.29. The summed E-state index contributed by atoms with van der Waals surface area (Å²) < 4.78 is 24.0. The fourth-order valence-electron chi connectivity index (χ4n) is 1.72. The van der Waals surface area contributed by atoms with Crippen molar-refractivity contribution < 1.29 is 13.5 Å². The Hall–Kier alpha value is -1.07. The molecule has 0 aromatic heterocycles. The predicted molar refractivity (Wildman–Crippen MR) is 56.6 cm³/mol. The molecule has 1 saturated heterocycles. The van der Waals surface area contributed by atoms with Crippen LogP contribution < -0.4 is 5.32 Å². The van der Waals surface area contributed by atoms with Crippen molar-refractivity contribution in [2.75, 3.05) is 13.1 Å². The first-order valence-electron chi connectivity index (χ1n) is 4.84. The summed E-state index contributed by atoms with van der Waals surface area (Å²) in [5.41, 5.74) is 0. The molecule has 1 fully saturated rings. The molecule has 0 amide bonds. The predicted octanol–water partition coefficient (Wildman–Crippen LogP) is 0.528. The van der Waals surface area contributed by atoms with E-state index in [-0.39, 0.29) is 15.9 Å². The van der Waals surface area contributed by atoms with E-state index in [4.69, 9.17) is 5.11 Å². The topological polar surface area (TPSA) is 66.4 Å². The average molecular weight is 227 g/mol. The minimum absolute atomic E-state index is 0.0819. The number of sulfone groups is 1. The first kappa shape index (κ1) is 10.4. The number of hydrogen-bond acceptors (Lipinski definition) is 4. The lowest BCUT2D eigenvalue weighted by Gasteiger charge is -2.10. The first-order valence-corrected chi connectivity index (χ1v) is 6.39. The zero-order chi connectivity index (χ0) is 10.9. The number of rotatable bonds is 2. The van der Waals surface area contributed by atoms with Gasteiger partial charge in [0.25, 0.3) is 0 Å². The van der Waals surface area contributed by atoms with Crippen molar-refractivity contribution in [3.63, 3.8) is 0 Å². The van der Waals surface area contributed by atoms with Gasteiger partial charge in [-0.15, -0.1) is 0 Å². The molecule has 1 aromatic carbocycles. The molecule has 15 heavy (non-hydrogen) atoms.